The lowest BCUT2D eigenvalue weighted by molar-refractivity contribution is -0.140. The maximum atomic E-state index is 14.2. The predicted octanol–water partition coefficient (Wildman–Crippen LogP) is 6.28. The molecular weight excluding hydrogens is 605 g/mol. The molecule has 1 N–H and O–H groups in total. The van der Waals surface area contributed by atoms with Gasteiger partial charge in [-0.3, -0.25) is 13.9 Å². The van der Waals surface area contributed by atoms with Crippen molar-refractivity contribution in [3.05, 3.63) is 98.5 Å². The van der Waals surface area contributed by atoms with Crippen LogP contribution in [-0.4, -0.2) is 50.0 Å². The Morgan fingerprint density at radius 2 is 1.59 bits per heavy atom. The van der Waals surface area contributed by atoms with Gasteiger partial charge in [-0.15, -0.1) is 0 Å². The predicted molar refractivity (Wildman–Crippen MR) is 167 cm³/mol. The molecule has 0 spiro atoms. The lowest BCUT2D eigenvalue weighted by Gasteiger charge is -2.34. The molecule has 0 heterocycles. The van der Waals surface area contributed by atoms with Crippen LogP contribution in [0.1, 0.15) is 37.0 Å². The van der Waals surface area contributed by atoms with Crippen LogP contribution >= 0.6 is 34.8 Å². The molecule has 7 nitrogen and oxygen atoms in total. The Morgan fingerprint density at radius 1 is 0.951 bits per heavy atom. The monoisotopic (exact) mass is 637 g/mol. The van der Waals surface area contributed by atoms with Gasteiger partial charge in [-0.2, -0.15) is 0 Å². The lowest BCUT2D eigenvalue weighted by atomic mass is 10.0. The van der Waals surface area contributed by atoms with Crippen LogP contribution in [0.4, 0.5) is 5.69 Å². The van der Waals surface area contributed by atoms with Gasteiger partial charge in [0, 0.05) is 39.6 Å². The number of rotatable bonds is 12. The van der Waals surface area contributed by atoms with E-state index in [4.69, 9.17) is 34.8 Å². The van der Waals surface area contributed by atoms with E-state index in [2.05, 4.69) is 5.32 Å². The normalized spacial score (nSPS) is 12.9. The molecule has 0 unspecified atom stereocenters. The summed E-state index contributed by atoms with van der Waals surface area (Å²) in [6.45, 7) is 4.87. The molecule has 11 heteroatoms. The van der Waals surface area contributed by atoms with E-state index in [-0.39, 0.29) is 24.9 Å². The molecule has 0 bridgehead atoms. The van der Waals surface area contributed by atoms with Crippen molar-refractivity contribution in [3.63, 3.8) is 0 Å². The summed E-state index contributed by atoms with van der Waals surface area (Å²) in [5.41, 5.74) is 2.16. The minimum Gasteiger partial charge on any atom is -0.352 e. The molecule has 41 heavy (non-hydrogen) atoms. The Labute approximate surface area is 257 Å². The third kappa shape index (κ3) is 8.85. The van der Waals surface area contributed by atoms with Gasteiger partial charge in [-0.05, 0) is 61.7 Å². The third-order valence-corrected chi connectivity index (χ3v) is 8.84. The number of hydrogen-bond donors (Lipinski definition) is 1. The van der Waals surface area contributed by atoms with Crippen molar-refractivity contribution < 1.29 is 18.0 Å². The van der Waals surface area contributed by atoms with Crippen LogP contribution in [-0.2, 0) is 32.6 Å². The van der Waals surface area contributed by atoms with Crippen molar-refractivity contribution >= 4 is 62.3 Å². The van der Waals surface area contributed by atoms with E-state index >= 15 is 0 Å². The fourth-order valence-electron chi connectivity index (χ4n) is 4.34. The SMILES string of the molecule is CC[C@H](C)NC(=O)[C@@H](Cc1ccccc1)N(Cc1c(Cl)cccc1Cl)C(=O)CN(c1ccc(Cl)cc1C)S(C)(=O)=O. The first kappa shape index (κ1) is 32.7. The number of halogens is 3. The smallest absolute Gasteiger partial charge is 0.244 e. The second-order valence-electron chi connectivity index (χ2n) is 9.95. The van der Waals surface area contributed by atoms with Gasteiger partial charge >= 0.3 is 0 Å². The molecule has 0 saturated heterocycles. The van der Waals surface area contributed by atoms with E-state index in [1.165, 1.54) is 4.90 Å². The van der Waals surface area contributed by atoms with E-state index in [1.54, 1.807) is 43.3 Å². The molecule has 0 aliphatic rings. The quantitative estimate of drug-likeness (QED) is 0.253. The highest BCUT2D eigenvalue weighted by Crippen LogP contribution is 2.29. The maximum absolute atomic E-state index is 14.2. The number of hydrogen-bond acceptors (Lipinski definition) is 4. The van der Waals surface area contributed by atoms with Gasteiger partial charge in [0.15, 0.2) is 0 Å². The number of carbonyl (C=O) groups excluding carboxylic acids is 2. The highest BCUT2D eigenvalue weighted by molar-refractivity contribution is 7.92. The Balaban J connectivity index is 2.13. The second kappa shape index (κ2) is 14.4. The van der Waals surface area contributed by atoms with E-state index < -0.39 is 28.5 Å². The molecule has 0 radical (unpaired) electrons. The summed E-state index contributed by atoms with van der Waals surface area (Å²) in [5.74, 6) is -0.964. The standard InChI is InChI=1S/C30H34Cl3N3O4S/c1-5-21(3)34-30(38)28(17-22-10-7-6-8-11-22)35(18-24-25(32)12-9-13-26(24)33)29(37)19-36(41(4,39)40)27-15-14-23(31)16-20(27)2/h6-16,21,28H,5,17-19H2,1-4H3,(H,34,38)/t21-,28+/m0/s1. The molecule has 0 aliphatic heterocycles. The Kier molecular flexibility index (Phi) is 11.5. The summed E-state index contributed by atoms with van der Waals surface area (Å²) < 4.78 is 27.0. The van der Waals surface area contributed by atoms with Gasteiger partial charge < -0.3 is 10.2 Å². The number of nitrogens with one attached hydrogen (secondary N) is 1. The number of benzene rings is 3. The third-order valence-electron chi connectivity index (χ3n) is 6.77. The highest BCUT2D eigenvalue weighted by atomic mass is 35.5. The van der Waals surface area contributed by atoms with Crippen molar-refractivity contribution in [1.82, 2.24) is 10.2 Å². The van der Waals surface area contributed by atoms with Crippen LogP contribution in [0.5, 0.6) is 0 Å². The molecule has 3 aromatic carbocycles. The Hall–Kier alpha value is -2.78. The fraction of sp³-hybridized carbons (Fsp3) is 0.333. The summed E-state index contributed by atoms with van der Waals surface area (Å²) in [4.78, 5) is 29.3. The van der Waals surface area contributed by atoms with Gasteiger partial charge in [0.05, 0.1) is 11.9 Å². The van der Waals surface area contributed by atoms with E-state index in [0.29, 0.717) is 38.3 Å². The van der Waals surface area contributed by atoms with Crippen molar-refractivity contribution in [2.24, 2.45) is 0 Å². The van der Waals surface area contributed by atoms with Gasteiger partial charge in [0.1, 0.15) is 12.6 Å². The van der Waals surface area contributed by atoms with E-state index in [9.17, 15) is 18.0 Å². The van der Waals surface area contributed by atoms with Crippen LogP contribution < -0.4 is 9.62 Å². The number of amides is 2. The molecule has 0 fully saturated rings. The summed E-state index contributed by atoms with van der Waals surface area (Å²) in [5, 5.41) is 4.07. The zero-order valence-corrected chi connectivity index (χ0v) is 26.5. The van der Waals surface area contributed by atoms with Gasteiger partial charge in [-0.25, -0.2) is 8.42 Å². The Morgan fingerprint density at radius 3 is 2.15 bits per heavy atom. The molecule has 0 saturated carbocycles. The largest absolute Gasteiger partial charge is 0.352 e. The van der Waals surface area contributed by atoms with Crippen molar-refractivity contribution in [3.8, 4) is 0 Å². The number of anilines is 1. The molecular formula is C30H34Cl3N3O4S. The molecule has 0 aliphatic carbocycles. The first-order valence-electron chi connectivity index (χ1n) is 13.1. The zero-order chi connectivity index (χ0) is 30.3. The van der Waals surface area contributed by atoms with Crippen LogP contribution in [0.3, 0.4) is 0 Å². The van der Waals surface area contributed by atoms with E-state index in [1.807, 2.05) is 44.2 Å². The molecule has 3 aromatic rings. The number of sulfonamides is 1. The number of carbonyl (C=O) groups is 2. The molecule has 3 rings (SSSR count). The summed E-state index contributed by atoms with van der Waals surface area (Å²) in [7, 11) is -3.91. The topological polar surface area (TPSA) is 86.8 Å². The fourth-order valence-corrected chi connectivity index (χ4v) is 5.99. The average molecular weight is 639 g/mol. The Bertz CT molecular complexity index is 1470. The van der Waals surface area contributed by atoms with Gasteiger partial charge in [-0.1, -0.05) is 78.1 Å². The summed E-state index contributed by atoms with van der Waals surface area (Å²) in [6, 6.07) is 17.9. The summed E-state index contributed by atoms with van der Waals surface area (Å²) in [6.07, 6.45) is 1.90. The number of aryl methyl sites for hydroxylation is 1. The van der Waals surface area contributed by atoms with Crippen LogP contribution in [0.15, 0.2) is 66.7 Å². The van der Waals surface area contributed by atoms with Gasteiger partial charge in [0.25, 0.3) is 0 Å². The first-order valence-corrected chi connectivity index (χ1v) is 16.1. The first-order chi connectivity index (χ1) is 19.3. The minimum atomic E-state index is -3.91. The summed E-state index contributed by atoms with van der Waals surface area (Å²) >= 11 is 19.1. The van der Waals surface area contributed by atoms with E-state index in [0.717, 1.165) is 16.1 Å². The molecule has 2 atom stereocenters. The zero-order valence-electron chi connectivity index (χ0n) is 23.4. The van der Waals surface area contributed by atoms with Crippen molar-refractivity contribution in [2.45, 2.75) is 52.2 Å². The minimum absolute atomic E-state index is 0.111. The number of nitrogens with zero attached hydrogens (tertiary/aromatic N) is 2. The molecule has 0 aromatic heterocycles. The van der Waals surface area contributed by atoms with Crippen LogP contribution in [0.2, 0.25) is 15.1 Å². The maximum Gasteiger partial charge on any atom is 0.244 e. The van der Waals surface area contributed by atoms with Crippen molar-refractivity contribution in [2.75, 3.05) is 17.1 Å². The highest BCUT2D eigenvalue weighted by Gasteiger charge is 2.34. The molecule has 2 amide bonds. The second-order valence-corrected chi connectivity index (χ2v) is 13.1. The van der Waals surface area contributed by atoms with Crippen molar-refractivity contribution in [1.29, 1.82) is 0 Å². The van der Waals surface area contributed by atoms with Gasteiger partial charge in [0.2, 0.25) is 21.8 Å². The van der Waals surface area contributed by atoms with Crippen LogP contribution in [0.25, 0.3) is 0 Å². The average Bonchev–Trinajstić information content (AvgIpc) is 2.90. The molecule has 220 valence electrons. The lowest BCUT2D eigenvalue weighted by Crippen LogP contribution is -2.54. The van der Waals surface area contributed by atoms with Crippen LogP contribution in [0, 0.1) is 6.92 Å².